The van der Waals surface area contributed by atoms with Crippen LogP contribution >= 0.6 is 22.6 Å². The molecule has 2 aromatic carbocycles. The van der Waals surface area contributed by atoms with Crippen LogP contribution in [0.15, 0.2) is 63.8 Å². The molecule has 0 aliphatic heterocycles. The highest BCUT2D eigenvalue weighted by Gasteiger charge is 2.05. The van der Waals surface area contributed by atoms with Crippen LogP contribution in [-0.4, -0.2) is 0 Å². The SMILES string of the molecule is O=c1oc(-c2ccc(I)cc2)cc2ccccc12. The third kappa shape index (κ3) is 2.06. The van der Waals surface area contributed by atoms with Gasteiger partial charge in [0.1, 0.15) is 5.76 Å². The van der Waals surface area contributed by atoms with Crippen molar-refractivity contribution in [1.29, 1.82) is 0 Å². The number of hydrogen-bond donors (Lipinski definition) is 0. The van der Waals surface area contributed by atoms with Gasteiger partial charge in [0.25, 0.3) is 0 Å². The molecule has 0 aliphatic carbocycles. The molecule has 0 fully saturated rings. The van der Waals surface area contributed by atoms with Crippen molar-refractivity contribution in [2.24, 2.45) is 0 Å². The Kier molecular flexibility index (Phi) is 2.91. The van der Waals surface area contributed by atoms with Gasteiger partial charge in [-0.2, -0.15) is 0 Å². The van der Waals surface area contributed by atoms with Crippen molar-refractivity contribution in [2.75, 3.05) is 0 Å². The van der Waals surface area contributed by atoms with Gasteiger partial charge in [0.05, 0.1) is 5.39 Å². The molecule has 88 valence electrons. The van der Waals surface area contributed by atoms with E-state index >= 15 is 0 Å². The number of hydrogen-bond acceptors (Lipinski definition) is 2. The molecule has 3 heteroatoms. The van der Waals surface area contributed by atoms with Crippen LogP contribution in [0, 0.1) is 3.57 Å². The second-order valence-electron chi connectivity index (χ2n) is 3.99. The van der Waals surface area contributed by atoms with Crippen molar-refractivity contribution in [1.82, 2.24) is 0 Å². The highest BCUT2D eigenvalue weighted by atomic mass is 127. The summed E-state index contributed by atoms with van der Waals surface area (Å²) in [6, 6.07) is 17.2. The highest BCUT2D eigenvalue weighted by molar-refractivity contribution is 14.1. The Morgan fingerprint density at radius 3 is 2.44 bits per heavy atom. The third-order valence-electron chi connectivity index (χ3n) is 2.80. The first kappa shape index (κ1) is 11.5. The maximum atomic E-state index is 11.9. The molecule has 0 amide bonds. The molecule has 18 heavy (non-hydrogen) atoms. The fourth-order valence-electron chi connectivity index (χ4n) is 1.89. The van der Waals surface area contributed by atoms with E-state index in [9.17, 15) is 4.79 Å². The lowest BCUT2D eigenvalue weighted by molar-refractivity contribution is 0.535. The highest BCUT2D eigenvalue weighted by Crippen LogP contribution is 2.22. The van der Waals surface area contributed by atoms with Gasteiger partial charge in [-0.15, -0.1) is 0 Å². The molecule has 3 aromatic rings. The van der Waals surface area contributed by atoms with Crippen LogP contribution in [-0.2, 0) is 0 Å². The van der Waals surface area contributed by atoms with Gasteiger partial charge in [-0.3, -0.25) is 0 Å². The van der Waals surface area contributed by atoms with E-state index in [2.05, 4.69) is 22.6 Å². The van der Waals surface area contributed by atoms with Gasteiger partial charge >= 0.3 is 5.63 Å². The molecule has 0 atom stereocenters. The van der Waals surface area contributed by atoms with E-state index in [4.69, 9.17) is 4.42 Å². The molecule has 0 radical (unpaired) electrons. The van der Waals surface area contributed by atoms with Gasteiger partial charge in [-0.1, -0.05) is 30.3 Å². The summed E-state index contributed by atoms with van der Waals surface area (Å²) in [5.41, 5.74) is 0.625. The molecular weight excluding hydrogens is 339 g/mol. The van der Waals surface area contributed by atoms with Crippen molar-refractivity contribution in [3.63, 3.8) is 0 Å². The zero-order valence-electron chi connectivity index (χ0n) is 9.39. The van der Waals surface area contributed by atoms with Crippen molar-refractivity contribution >= 4 is 33.4 Å². The Morgan fingerprint density at radius 1 is 0.944 bits per heavy atom. The van der Waals surface area contributed by atoms with Gasteiger partial charge in [0, 0.05) is 9.13 Å². The Labute approximate surface area is 117 Å². The maximum Gasteiger partial charge on any atom is 0.344 e. The van der Waals surface area contributed by atoms with Gasteiger partial charge in [0.2, 0.25) is 0 Å². The Bertz CT molecular complexity index is 757. The van der Waals surface area contributed by atoms with Crippen LogP contribution in [0.3, 0.4) is 0 Å². The zero-order valence-corrected chi connectivity index (χ0v) is 11.5. The van der Waals surface area contributed by atoms with Gasteiger partial charge < -0.3 is 4.42 Å². The minimum atomic E-state index is -0.290. The van der Waals surface area contributed by atoms with E-state index in [-0.39, 0.29) is 5.63 Å². The molecule has 0 aliphatic rings. The fourth-order valence-corrected chi connectivity index (χ4v) is 2.25. The topological polar surface area (TPSA) is 30.2 Å². The summed E-state index contributed by atoms with van der Waals surface area (Å²) in [6.45, 7) is 0. The first-order valence-corrected chi connectivity index (χ1v) is 6.61. The van der Waals surface area contributed by atoms with Crippen LogP contribution in [0.25, 0.3) is 22.1 Å². The normalized spacial score (nSPS) is 10.7. The predicted molar refractivity (Wildman–Crippen MR) is 80.6 cm³/mol. The van der Waals surface area contributed by atoms with E-state index in [1.807, 2.05) is 48.5 Å². The Balaban J connectivity index is 2.24. The molecule has 2 nitrogen and oxygen atoms in total. The lowest BCUT2D eigenvalue weighted by atomic mass is 10.1. The molecular formula is C15H9IO2. The average molecular weight is 348 g/mol. The molecule has 0 unspecified atom stereocenters. The summed E-state index contributed by atoms with van der Waals surface area (Å²) < 4.78 is 6.51. The molecule has 3 rings (SSSR count). The smallest absolute Gasteiger partial charge is 0.344 e. The van der Waals surface area contributed by atoms with Gasteiger partial charge in [-0.05, 0) is 52.2 Å². The second-order valence-corrected chi connectivity index (χ2v) is 5.24. The molecule has 1 aromatic heterocycles. The van der Waals surface area contributed by atoms with E-state index < -0.39 is 0 Å². The second kappa shape index (κ2) is 4.57. The van der Waals surface area contributed by atoms with E-state index in [1.165, 1.54) is 0 Å². The summed E-state index contributed by atoms with van der Waals surface area (Å²) in [5, 5.41) is 1.52. The molecule has 0 bridgehead atoms. The number of fused-ring (bicyclic) bond motifs is 1. The van der Waals surface area contributed by atoms with Crippen LogP contribution in [0.5, 0.6) is 0 Å². The van der Waals surface area contributed by atoms with Crippen LogP contribution in [0.2, 0.25) is 0 Å². The Hall–Kier alpha value is -1.62. The minimum Gasteiger partial charge on any atom is -0.422 e. The lowest BCUT2D eigenvalue weighted by Crippen LogP contribution is -1.99. The summed E-state index contributed by atoms with van der Waals surface area (Å²) >= 11 is 2.24. The molecule has 0 saturated carbocycles. The van der Waals surface area contributed by atoms with Gasteiger partial charge in [-0.25, -0.2) is 4.79 Å². The number of halogens is 1. The van der Waals surface area contributed by atoms with E-state index in [0.29, 0.717) is 11.1 Å². The van der Waals surface area contributed by atoms with Crippen molar-refractivity contribution in [3.8, 4) is 11.3 Å². The van der Waals surface area contributed by atoms with Crippen LogP contribution < -0.4 is 5.63 Å². The monoisotopic (exact) mass is 348 g/mol. The molecule has 0 saturated heterocycles. The minimum absolute atomic E-state index is 0.290. The zero-order chi connectivity index (χ0) is 12.5. The lowest BCUT2D eigenvalue weighted by Gasteiger charge is -2.02. The third-order valence-corrected chi connectivity index (χ3v) is 3.52. The Morgan fingerprint density at radius 2 is 1.67 bits per heavy atom. The standard InChI is InChI=1S/C15H9IO2/c16-12-7-5-10(6-8-12)14-9-11-3-1-2-4-13(11)15(17)18-14/h1-9H. The fraction of sp³-hybridized carbons (Fsp3) is 0. The van der Waals surface area contributed by atoms with Gasteiger partial charge in [0.15, 0.2) is 0 Å². The van der Waals surface area contributed by atoms with E-state index in [0.717, 1.165) is 14.5 Å². The summed E-state index contributed by atoms with van der Waals surface area (Å²) in [6.07, 6.45) is 0. The molecule has 0 spiro atoms. The van der Waals surface area contributed by atoms with Crippen molar-refractivity contribution in [3.05, 3.63) is 68.6 Å². The van der Waals surface area contributed by atoms with E-state index in [1.54, 1.807) is 6.07 Å². The molecule has 0 N–H and O–H groups in total. The number of benzene rings is 2. The van der Waals surface area contributed by atoms with Crippen LogP contribution in [0.1, 0.15) is 0 Å². The first-order valence-electron chi connectivity index (χ1n) is 5.53. The first-order chi connectivity index (χ1) is 8.74. The van der Waals surface area contributed by atoms with Crippen molar-refractivity contribution in [2.45, 2.75) is 0 Å². The summed E-state index contributed by atoms with van der Waals surface area (Å²) in [7, 11) is 0. The predicted octanol–water partition coefficient (Wildman–Crippen LogP) is 4.06. The summed E-state index contributed by atoms with van der Waals surface area (Å²) in [4.78, 5) is 11.9. The molecule has 1 heterocycles. The quantitative estimate of drug-likeness (QED) is 0.621. The average Bonchev–Trinajstić information content (AvgIpc) is 2.39. The summed E-state index contributed by atoms with van der Waals surface area (Å²) in [5.74, 6) is 0.607. The van der Waals surface area contributed by atoms with Crippen molar-refractivity contribution < 1.29 is 4.42 Å². The largest absolute Gasteiger partial charge is 0.422 e. The number of rotatable bonds is 1. The maximum absolute atomic E-state index is 11.9. The van der Waals surface area contributed by atoms with Crippen LogP contribution in [0.4, 0.5) is 0 Å².